The molecule has 0 spiro atoms. The van der Waals surface area contributed by atoms with Crippen molar-refractivity contribution < 1.29 is 33.3 Å². The lowest BCUT2D eigenvalue weighted by Gasteiger charge is -2.15. The van der Waals surface area contributed by atoms with Gasteiger partial charge in [0.05, 0.1) is 39.2 Å². The van der Waals surface area contributed by atoms with Crippen LogP contribution in [-0.2, 0) is 14.2 Å². The SMILES string of the molecule is CCOC(=O)c1nc2cc(-c3ccc(OC)cc3)c(C(=O)OC)c(C(=O)OC)n2c1C. The molecule has 3 rings (SSSR count). The number of aryl methyl sites for hydroxylation is 1. The fraction of sp³-hybridized carbons (Fsp3) is 0.273. The van der Waals surface area contributed by atoms with E-state index < -0.39 is 17.9 Å². The van der Waals surface area contributed by atoms with Crippen molar-refractivity contribution in [1.82, 2.24) is 9.38 Å². The van der Waals surface area contributed by atoms with Gasteiger partial charge in [0.25, 0.3) is 0 Å². The number of hydrogen-bond donors (Lipinski definition) is 0. The summed E-state index contributed by atoms with van der Waals surface area (Å²) in [7, 11) is 3.96. The minimum Gasteiger partial charge on any atom is -0.497 e. The van der Waals surface area contributed by atoms with E-state index in [9.17, 15) is 14.4 Å². The van der Waals surface area contributed by atoms with Gasteiger partial charge in [-0.25, -0.2) is 19.4 Å². The number of nitrogens with zero attached hydrogens (tertiary/aromatic N) is 2. The van der Waals surface area contributed by atoms with Crippen molar-refractivity contribution in [1.29, 1.82) is 0 Å². The summed E-state index contributed by atoms with van der Waals surface area (Å²) in [5, 5.41) is 0. The molecule has 0 N–H and O–H groups in total. The fourth-order valence-electron chi connectivity index (χ4n) is 3.33. The first kappa shape index (κ1) is 21.8. The van der Waals surface area contributed by atoms with Crippen molar-refractivity contribution in [3.63, 3.8) is 0 Å². The molecule has 0 aliphatic heterocycles. The maximum atomic E-state index is 12.8. The zero-order chi connectivity index (χ0) is 22.7. The molecule has 2 aromatic heterocycles. The smallest absolute Gasteiger partial charge is 0.358 e. The largest absolute Gasteiger partial charge is 0.497 e. The maximum absolute atomic E-state index is 12.8. The summed E-state index contributed by atoms with van der Waals surface area (Å²) in [5.41, 5.74) is 1.55. The molecule has 0 unspecified atom stereocenters. The van der Waals surface area contributed by atoms with E-state index >= 15 is 0 Å². The van der Waals surface area contributed by atoms with Crippen molar-refractivity contribution >= 4 is 23.6 Å². The lowest BCUT2D eigenvalue weighted by Crippen LogP contribution is -2.19. The highest BCUT2D eigenvalue weighted by Gasteiger charge is 2.30. The van der Waals surface area contributed by atoms with Gasteiger partial charge in [-0.2, -0.15) is 0 Å². The number of fused-ring (bicyclic) bond motifs is 1. The Hall–Kier alpha value is -3.88. The zero-order valence-electron chi connectivity index (χ0n) is 17.8. The molecule has 31 heavy (non-hydrogen) atoms. The molecule has 0 fully saturated rings. The van der Waals surface area contributed by atoms with E-state index in [-0.39, 0.29) is 29.2 Å². The van der Waals surface area contributed by atoms with E-state index in [4.69, 9.17) is 18.9 Å². The molecule has 0 amide bonds. The molecule has 0 saturated heterocycles. The third-order valence-electron chi connectivity index (χ3n) is 4.77. The quantitative estimate of drug-likeness (QED) is 0.437. The van der Waals surface area contributed by atoms with Crippen LogP contribution in [0.4, 0.5) is 0 Å². The summed E-state index contributed by atoms with van der Waals surface area (Å²) in [4.78, 5) is 42.3. The fourth-order valence-corrected chi connectivity index (χ4v) is 3.33. The molecule has 2 heterocycles. The molecule has 9 heteroatoms. The second kappa shape index (κ2) is 8.86. The van der Waals surface area contributed by atoms with Crippen molar-refractivity contribution in [2.24, 2.45) is 0 Å². The number of carbonyl (C=O) groups is 3. The third-order valence-corrected chi connectivity index (χ3v) is 4.77. The number of imidazole rings is 1. The molecule has 1 aromatic carbocycles. The van der Waals surface area contributed by atoms with Crippen LogP contribution in [0.15, 0.2) is 30.3 Å². The number of rotatable bonds is 6. The Morgan fingerprint density at radius 2 is 1.61 bits per heavy atom. The van der Waals surface area contributed by atoms with E-state index in [0.717, 1.165) is 0 Å². The molecule has 0 radical (unpaired) electrons. The van der Waals surface area contributed by atoms with Gasteiger partial charge in [0, 0.05) is 5.56 Å². The first-order valence-electron chi connectivity index (χ1n) is 9.42. The Morgan fingerprint density at radius 1 is 0.968 bits per heavy atom. The molecule has 0 aliphatic carbocycles. The van der Waals surface area contributed by atoms with Gasteiger partial charge >= 0.3 is 17.9 Å². The van der Waals surface area contributed by atoms with Crippen molar-refractivity contribution in [2.45, 2.75) is 13.8 Å². The van der Waals surface area contributed by atoms with E-state index in [1.165, 1.54) is 18.6 Å². The number of methoxy groups -OCH3 is 3. The highest BCUT2D eigenvalue weighted by atomic mass is 16.5. The third kappa shape index (κ3) is 3.81. The average Bonchev–Trinajstić information content (AvgIpc) is 3.13. The van der Waals surface area contributed by atoms with Gasteiger partial charge in [-0.3, -0.25) is 4.40 Å². The minimum atomic E-state index is -0.781. The summed E-state index contributed by atoms with van der Waals surface area (Å²) < 4.78 is 21.6. The molecule has 3 aromatic rings. The van der Waals surface area contributed by atoms with E-state index in [0.29, 0.717) is 22.6 Å². The summed E-state index contributed by atoms with van der Waals surface area (Å²) in [6.45, 7) is 3.45. The van der Waals surface area contributed by atoms with Crippen LogP contribution in [-0.4, -0.2) is 55.2 Å². The number of hydrogen-bond acceptors (Lipinski definition) is 8. The molecular weight excluding hydrogens is 404 g/mol. The Bertz CT molecular complexity index is 1160. The van der Waals surface area contributed by atoms with Gasteiger partial charge in [-0.1, -0.05) is 12.1 Å². The summed E-state index contributed by atoms with van der Waals surface area (Å²) in [6, 6.07) is 8.52. The van der Waals surface area contributed by atoms with Crippen LogP contribution >= 0.6 is 0 Å². The van der Waals surface area contributed by atoms with Crippen molar-refractivity contribution in [3.8, 4) is 16.9 Å². The van der Waals surface area contributed by atoms with Crippen molar-refractivity contribution in [3.05, 3.63) is 53.0 Å². The van der Waals surface area contributed by atoms with Gasteiger partial charge in [-0.05, 0) is 37.6 Å². The predicted octanol–water partition coefficient (Wildman–Crippen LogP) is 3.07. The molecule has 0 saturated carbocycles. The van der Waals surface area contributed by atoms with Gasteiger partial charge < -0.3 is 18.9 Å². The van der Waals surface area contributed by atoms with E-state index in [1.807, 2.05) is 0 Å². The number of pyridine rings is 1. The van der Waals surface area contributed by atoms with E-state index in [1.54, 1.807) is 51.3 Å². The van der Waals surface area contributed by atoms with Crippen LogP contribution in [0.1, 0.15) is 44.0 Å². The van der Waals surface area contributed by atoms with Gasteiger partial charge in [0.2, 0.25) is 0 Å². The number of carbonyl (C=O) groups excluding carboxylic acids is 3. The van der Waals surface area contributed by atoms with Crippen LogP contribution in [0.3, 0.4) is 0 Å². The molecule has 9 nitrogen and oxygen atoms in total. The summed E-state index contributed by atoms with van der Waals surface area (Å²) >= 11 is 0. The average molecular weight is 426 g/mol. The highest BCUT2D eigenvalue weighted by molar-refractivity contribution is 6.08. The molecule has 0 bridgehead atoms. The second-order valence-electron chi connectivity index (χ2n) is 6.45. The number of aromatic nitrogens is 2. The Labute approximate surface area is 178 Å². The lowest BCUT2D eigenvalue weighted by atomic mass is 9.98. The number of benzene rings is 1. The molecular formula is C22H22N2O7. The van der Waals surface area contributed by atoms with Crippen LogP contribution in [0, 0.1) is 6.92 Å². The molecule has 0 aliphatic rings. The summed E-state index contributed by atoms with van der Waals surface area (Å²) in [5.74, 6) is -1.53. The van der Waals surface area contributed by atoms with Gasteiger partial charge in [0.15, 0.2) is 5.69 Å². The second-order valence-corrected chi connectivity index (χ2v) is 6.45. The highest BCUT2D eigenvalue weighted by Crippen LogP contribution is 2.32. The van der Waals surface area contributed by atoms with Crippen LogP contribution in [0.25, 0.3) is 16.8 Å². The first-order chi connectivity index (χ1) is 14.9. The summed E-state index contributed by atoms with van der Waals surface area (Å²) in [6.07, 6.45) is 0. The predicted molar refractivity (Wildman–Crippen MR) is 111 cm³/mol. The topological polar surface area (TPSA) is 105 Å². The van der Waals surface area contributed by atoms with Crippen LogP contribution in [0.5, 0.6) is 5.75 Å². The monoisotopic (exact) mass is 426 g/mol. The lowest BCUT2D eigenvalue weighted by molar-refractivity contribution is 0.0517. The number of ether oxygens (including phenoxy) is 4. The minimum absolute atomic E-state index is 0.0112. The van der Waals surface area contributed by atoms with Gasteiger partial charge in [-0.15, -0.1) is 0 Å². The molecule has 0 atom stereocenters. The normalized spacial score (nSPS) is 10.6. The van der Waals surface area contributed by atoms with Crippen LogP contribution < -0.4 is 4.74 Å². The Kier molecular flexibility index (Phi) is 6.24. The van der Waals surface area contributed by atoms with Gasteiger partial charge in [0.1, 0.15) is 17.1 Å². The van der Waals surface area contributed by atoms with E-state index in [2.05, 4.69) is 4.98 Å². The maximum Gasteiger partial charge on any atom is 0.358 e. The zero-order valence-corrected chi connectivity index (χ0v) is 17.8. The number of esters is 3. The molecule has 162 valence electrons. The standard InChI is InChI=1S/C22H22N2O7/c1-6-31-21(26)18-12(2)24-16(23-18)11-15(13-7-9-14(28-3)10-8-13)17(20(25)29-4)19(24)22(27)30-5/h7-11H,6H2,1-5H3. The van der Waals surface area contributed by atoms with Crippen molar-refractivity contribution in [2.75, 3.05) is 27.9 Å². The van der Waals surface area contributed by atoms with Crippen LogP contribution in [0.2, 0.25) is 0 Å². The Balaban J connectivity index is 2.43. The first-order valence-corrected chi connectivity index (χ1v) is 9.42. The Morgan fingerprint density at radius 3 is 2.16 bits per heavy atom.